The number of ether oxygens (including phenoxy) is 1. The Kier molecular flexibility index (Phi) is 7.06. The van der Waals surface area contributed by atoms with E-state index in [1.807, 2.05) is 6.20 Å². The number of methoxy groups -OCH3 is 1. The Hall–Kier alpha value is -1.03. The molecule has 20 heavy (non-hydrogen) atoms. The van der Waals surface area contributed by atoms with Gasteiger partial charge in [-0.05, 0) is 31.2 Å². The first-order valence-corrected chi connectivity index (χ1v) is 7.89. The van der Waals surface area contributed by atoms with Crippen molar-refractivity contribution in [3.8, 4) is 5.75 Å². The van der Waals surface area contributed by atoms with Crippen molar-refractivity contribution in [1.29, 1.82) is 0 Å². The van der Waals surface area contributed by atoms with Crippen LogP contribution >= 0.6 is 0 Å². The van der Waals surface area contributed by atoms with Gasteiger partial charge in [0.2, 0.25) is 0 Å². The van der Waals surface area contributed by atoms with E-state index in [-0.39, 0.29) is 0 Å². The van der Waals surface area contributed by atoms with Crippen LogP contribution in [0.25, 0.3) is 0 Å². The quantitative estimate of drug-likeness (QED) is 0.751. The van der Waals surface area contributed by atoms with E-state index >= 15 is 0 Å². The van der Waals surface area contributed by atoms with Gasteiger partial charge in [0.25, 0.3) is 0 Å². The molecular formula is C16H31N3O. The third kappa shape index (κ3) is 3.98. The van der Waals surface area contributed by atoms with E-state index in [1.54, 1.807) is 7.11 Å². The van der Waals surface area contributed by atoms with E-state index in [0.717, 1.165) is 31.7 Å². The number of aromatic nitrogens is 2. The van der Waals surface area contributed by atoms with Gasteiger partial charge in [0, 0.05) is 6.54 Å². The molecule has 0 spiro atoms. The first-order chi connectivity index (χ1) is 9.56. The van der Waals surface area contributed by atoms with Gasteiger partial charge in [0.15, 0.2) is 5.75 Å². The molecule has 0 fully saturated rings. The maximum atomic E-state index is 5.54. The summed E-state index contributed by atoms with van der Waals surface area (Å²) in [5.74, 6) is 2.04. The van der Waals surface area contributed by atoms with Crippen LogP contribution in [0.15, 0.2) is 6.20 Å². The summed E-state index contributed by atoms with van der Waals surface area (Å²) in [4.78, 5) is 0. The Morgan fingerprint density at radius 1 is 1.25 bits per heavy atom. The average Bonchev–Trinajstić information content (AvgIpc) is 2.82. The zero-order chi connectivity index (χ0) is 15.1. The van der Waals surface area contributed by atoms with Gasteiger partial charge in [-0.15, -0.1) is 0 Å². The predicted molar refractivity (Wildman–Crippen MR) is 84.1 cm³/mol. The molecule has 0 saturated carbocycles. The van der Waals surface area contributed by atoms with Gasteiger partial charge in [0.1, 0.15) is 0 Å². The Labute approximate surface area is 123 Å². The van der Waals surface area contributed by atoms with E-state index in [2.05, 4.69) is 49.7 Å². The largest absolute Gasteiger partial charge is 0.493 e. The van der Waals surface area contributed by atoms with Gasteiger partial charge < -0.3 is 10.1 Å². The van der Waals surface area contributed by atoms with Crippen molar-refractivity contribution in [2.45, 2.75) is 60.0 Å². The van der Waals surface area contributed by atoms with Crippen LogP contribution in [-0.2, 0) is 6.54 Å². The van der Waals surface area contributed by atoms with E-state index in [4.69, 9.17) is 4.74 Å². The van der Waals surface area contributed by atoms with Gasteiger partial charge in [0.05, 0.1) is 25.0 Å². The topological polar surface area (TPSA) is 39.1 Å². The predicted octanol–water partition coefficient (Wildman–Crippen LogP) is 3.63. The zero-order valence-electron chi connectivity index (χ0n) is 13.9. The third-order valence-corrected chi connectivity index (χ3v) is 3.99. The van der Waals surface area contributed by atoms with Crippen LogP contribution in [0.1, 0.15) is 59.2 Å². The second-order valence-electron chi connectivity index (χ2n) is 5.86. The third-order valence-electron chi connectivity index (χ3n) is 3.99. The molecule has 0 aliphatic heterocycles. The lowest BCUT2D eigenvalue weighted by atomic mass is 9.88. The highest BCUT2D eigenvalue weighted by atomic mass is 16.5. The lowest BCUT2D eigenvalue weighted by molar-refractivity contribution is 0.280. The minimum Gasteiger partial charge on any atom is -0.493 e. The fourth-order valence-electron chi connectivity index (χ4n) is 2.46. The van der Waals surface area contributed by atoms with Gasteiger partial charge in [-0.1, -0.05) is 34.6 Å². The van der Waals surface area contributed by atoms with Crippen LogP contribution in [0.2, 0.25) is 0 Å². The maximum absolute atomic E-state index is 5.54. The van der Waals surface area contributed by atoms with Crippen molar-refractivity contribution in [2.24, 2.45) is 11.8 Å². The smallest absolute Gasteiger partial charge is 0.161 e. The molecule has 1 rings (SSSR count). The fraction of sp³-hybridized carbons (Fsp3) is 0.812. The SMILES string of the molecule is CCCNC(c1c(OC)cnn1CCC)C(C)C(C)C. The van der Waals surface area contributed by atoms with Crippen molar-refractivity contribution < 1.29 is 4.74 Å². The molecular weight excluding hydrogens is 250 g/mol. The van der Waals surface area contributed by atoms with Crippen LogP contribution in [0.5, 0.6) is 5.75 Å². The number of aryl methyl sites for hydroxylation is 1. The van der Waals surface area contributed by atoms with Crippen LogP contribution in [0.4, 0.5) is 0 Å². The van der Waals surface area contributed by atoms with Crippen molar-refractivity contribution in [1.82, 2.24) is 15.1 Å². The minimum absolute atomic E-state index is 0.291. The summed E-state index contributed by atoms with van der Waals surface area (Å²) in [6, 6.07) is 0.291. The lowest BCUT2D eigenvalue weighted by Gasteiger charge is -2.29. The molecule has 0 saturated heterocycles. The maximum Gasteiger partial charge on any atom is 0.161 e. The summed E-state index contributed by atoms with van der Waals surface area (Å²) in [5.41, 5.74) is 1.20. The first kappa shape index (κ1) is 17.0. The van der Waals surface area contributed by atoms with Crippen molar-refractivity contribution in [3.05, 3.63) is 11.9 Å². The molecule has 0 radical (unpaired) electrons. The zero-order valence-corrected chi connectivity index (χ0v) is 13.9. The van der Waals surface area contributed by atoms with Gasteiger partial charge in [-0.3, -0.25) is 4.68 Å². The highest BCUT2D eigenvalue weighted by Gasteiger charge is 2.28. The van der Waals surface area contributed by atoms with E-state index < -0.39 is 0 Å². The van der Waals surface area contributed by atoms with Gasteiger partial charge >= 0.3 is 0 Å². The molecule has 1 heterocycles. The number of nitrogens with zero attached hydrogens (tertiary/aromatic N) is 2. The molecule has 0 aliphatic rings. The van der Waals surface area contributed by atoms with Crippen LogP contribution < -0.4 is 10.1 Å². The fourth-order valence-corrected chi connectivity index (χ4v) is 2.46. The molecule has 4 nitrogen and oxygen atoms in total. The normalized spacial score (nSPS) is 14.6. The summed E-state index contributed by atoms with van der Waals surface area (Å²) in [6.07, 6.45) is 4.05. The summed E-state index contributed by atoms with van der Waals surface area (Å²) < 4.78 is 7.64. The Balaban J connectivity index is 3.13. The van der Waals surface area contributed by atoms with E-state index in [0.29, 0.717) is 17.9 Å². The highest BCUT2D eigenvalue weighted by Crippen LogP contribution is 2.33. The van der Waals surface area contributed by atoms with Crippen molar-refractivity contribution >= 4 is 0 Å². The summed E-state index contributed by atoms with van der Waals surface area (Å²) in [7, 11) is 1.73. The minimum atomic E-state index is 0.291. The van der Waals surface area contributed by atoms with Crippen molar-refractivity contribution in [3.63, 3.8) is 0 Å². The van der Waals surface area contributed by atoms with E-state index in [1.165, 1.54) is 5.69 Å². The lowest BCUT2D eigenvalue weighted by Crippen LogP contribution is -2.32. The van der Waals surface area contributed by atoms with Gasteiger partial charge in [-0.2, -0.15) is 5.10 Å². The highest BCUT2D eigenvalue weighted by molar-refractivity contribution is 5.29. The molecule has 2 unspecified atom stereocenters. The molecule has 1 aromatic heterocycles. The van der Waals surface area contributed by atoms with Crippen LogP contribution in [-0.4, -0.2) is 23.4 Å². The second kappa shape index (κ2) is 8.30. The van der Waals surface area contributed by atoms with Crippen LogP contribution in [0.3, 0.4) is 0 Å². The Morgan fingerprint density at radius 2 is 1.95 bits per heavy atom. The van der Waals surface area contributed by atoms with Gasteiger partial charge in [-0.25, -0.2) is 0 Å². The molecule has 0 bridgehead atoms. The number of hydrogen-bond acceptors (Lipinski definition) is 3. The second-order valence-corrected chi connectivity index (χ2v) is 5.86. The molecule has 1 N–H and O–H groups in total. The monoisotopic (exact) mass is 281 g/mol. The summed E-state index contributed by atoms with van der Waals surface area (Å²) in [5, 5.41) is 8.18. The first-order valence-electron chi connectivity index (χ1n) is 7.89. The number of rotatable bonds is 9. The Morgan fingerprint density at radius 3 is 2.45 bits per heavy atom. The van der Waals surface area contributed by atoms with Crippen molar-refractivity contribution in [2.75, 3.05) is 13.7 Å². The average molecular weight is 281 g/mol. The molecule has 0 aromatic carbocycles. The molecule has 116 valence electrons. The molecule has 0 amide bonds. The van der Waals surface area contributed by atoms with E-state index in [9.17, 15) is 0 Å². The van der Waals surface area contributed by atoms with Crippen LogP contribution in [0, 0.1) is 11.8 Å². The number of hydrogen-bond donors (Lipinski definition) is 1. The molecule has 4 heteroatoms. The molecule has 2 atom stereocenters. The molecule has 1 aromatic rings. The molecule has 0 aliphatic carbocycles. The summed E-state index contributed by atoms with van der Waals surface area (Å²) >= 11 is 0. The summed E-state index contributed by atoms with van der Waals surface area (Å²) in [6.45, 7) is 13.2. The number of nitrogens with one attached hydrogen (secondary N) is 1. The Bertz CT molecular complexity index is 387. The standard InChI is InChI=1S/C16H31N3O/c1-7-9-17-15(13(5)12(3)4)16-14(20-6)11-18-19(16)10-8-2/h11-13,15,17H,7-10H2,1-6H3.